The zero-order valence-electron chi connectivity index (χ0n) is 6.63. The summed E-state index contributed by atoms with van der Waals surface area (Å²) in [7, 11) is 0. The highest BCUT2D eigenvalue weighted by Gasteiger charge is 2.02. The summed E-state index contributed by atoms with van der Waals surface area (Å²) in [6.45, 7) is 4.83. The van der Waals surface area contributed by atoms with Gasteiger partial charge in [0.15, 0.2) is 0 Å². The fourth-order valence-electron chi connectivity index (χ4n) is 0.379. The van der Waals surface area contributed by atoms with E-state index in [1.165, 1.54) is 6.92 Å². The fraction of sp³-hybridized carbons (Fsp3) is 0.429. The first kappa shape index (κ1) is 11.0. The molecular formula is C7H9ClO4. The summed E-state index contributed by atoms with van der Waals surface area (Å²) in [6.07, 6.45) is 0. The van der Waals surface area contributed by atoms with Crippen LogP contribution in [-0.2, 0) is 14.3 Å². The third-order valence-corrected chi connectivity index (χ3v) is 0.990. The molecule has 4 nitrogen and oxygen atoms in total. The molecule has 0 aromatic carbocycles. The van der Waals surface area contributed by atoms with Crippen LogP contribution in [0, 0.1) is 0 Å². The molecule has 0 saturated heterocycles. The molecule has 0 aliphatic carbocycles. The van der Waals surface area contributed by atoms with Crippen molar-refractivity contribution in [2.24, 2.45) is 0 Å². The Labute approximate surface area is 75.1 Å². The van der Waals surface area contributed by atoms with Gasteiger partial charge >= 0.3 is 11.4 Å². The van der Waals surface area contributed by atoms with Gasteiger partial charge in [0.1, 0.15) is 13.2 Å². The van der Waals surface area contributed by atoms with Crippen molar-refractivity contribution in [3.63, 3.8) is 0 Å². The zero-order chi connectivity index (χ0) is 9.56. The zero-order valence-corrected chi connectivity index (χ0v) is 7.39. The molecule has 0 aliphatic rings. The molecule has 0 atom stereocenters. The summed E-state index contributed by atoms with van der Waals surface area (Å²) in [5, 5.41) is 0. The van der Waals surface area contributed by atoms with E-state index >= 15 is 0 Å². The van der Waals surface area contributed by atoms with Gasteiger partial charge in [-0.2, -0.15) is 0 Å². The number of ether oxygens (including phenoxy) is 2. The van der Waals surface area contributed by atoms with Gasteiger partial charge in [0.25, 0.3) is 0 Å². The second-order valence-corrected chi connectivity index (χ2v) is 2.31. The first-order valence-corrected chi connectivity index (χ1v) is 3.56. The van der Waals surface area contributed by atoms with Crippen LogP contribution < -0.4 is 0 Å². The minimum Gasteiger partial charge on any atom is -0.459 e. The van der Waals surface area contributed by atoms with Gasteiger partial charge in [-0.3, -0.25) is 0 Å². The molecular weight excluding hydrogens is 184 g/mol. The summed E-state index contributed by atoms with van der Waals surface area (Å²) in [6, 6.07) is 0. The molecule has 0 rings (SSSR count). The third-order valence-electron chi connectivity index (χ3n) is 0.880. The fourth-order valence-corrected chi connectivity index (χ4v) is 0.457. The Balaban J connectivity index is 3.38. The Kier molecular flexibility index (Phi) is 5.12. The smallest absolute Gasteiger partial charge is 0.403 e. The third kappa shape index (κ3) is 5.73. The van der Waals surface area contributed by atoms with E-state index in [9.17, 15) is 9.59 Å². The van der Waals surface area contributed by atoms with Gasteiger partial charge in [-0.1, -0.05) is 6.58 Å². The van der Waals surface area contributed by atoms with Gasteiger partial charge in [-0.15, -0.1) is 0 Å². The van der Waals surface area contributed by atoms with Gasteiger partial charge in [0, 0.05) is 17.2 Å². The van der Waals surface area contributed by atoms with E-state index in [-0.39, 0.29) is 13.2 Å². The van der Waals surface area contributed by atoms with Crippen molar-refractivity contribution in [3.05, 3.63) is 12.2 Å². The molecule has 0 aliphatic heterocycles. The molecule has 0 fully saturated rings. The molecule has 0 radical (unpaired) electrons. The predicted molar refractivity (Wildman–Crippen MR) is 43.0 cm³/mol. The van der Waals surface area contributed by atoms with Crippen molar-refractivity contribution >= 4 is 23.0 Å². The average molecular weight is 193 g/mol. The van der Waals surface area contributed by atoms with Crippen LogP contribution in [0.1, 0.15) is 6.92 Å². The van der Waals surface area contributed by atoms with Crippen LogP contribution in [0.5, 0.6) is 0 Å². The van der Waals surface area contributed by atoms with E-state index in [1.807, 2.05) is 0 Å². The number of esters is 1. The van der Waals surface area contributed by atoms with E-state index in [0.29, 0.717) is 5.57 Å². The monoisotopic (exact) mass is 192 g/mol. The molecule has 0 saturated carbocycles. The van der Waals surface area contributed by atoms with E-state index in [4.69, 9.17) is 11.6 Å². The normalized spacial score (nSPS) is 8.83. The standard InChI is InChI=1S/C7H9ClO4/c1-5(2)6(9)11-3-4-12-7(8)10/h1,3-4H2,2H3. The van der Waals surface area contributed by atoms with Gasteiger partial charge in [0.05, 0.1) is 0 Å². The maximum Gasteiger partial charge on any atom is 0.403 e. The highest BCUT2D eigenvalue weighted by molar-refractivity contribution is 6.61. The van der Waals surface area contributed by atoms with Crippen molar-refractivity contribution in [2.45, 2.75) is 6.92 Å². The van der Waals surface area contributed by atoms with Crippen molar-refractivity contribution in [3.8, 4) is 0 Å². The summed E-state index contributed by atoms with van der Waals surface area (Å²) in [4.78, 5) is 20.7. The van der Waals surface area contributed by atoms with Crippen LogP contribution in [0.3, 0.4) is 0 Å². The number of rotatable bonds is 4. The first-order chi connectivity index (χ1) is 5.54. The van der Waals surface area contributed by atoms with Crippen LogP contribution in [0.2, 0.25) is 0 Å². The maximum atomic E-state index is 10.7. The minimum atomic E-state index is -0.915. The number of carbonyl (C=O) groups is 2. The quantitative estimate of drug-likeness (QED) is 0.293. The van der Waals surface area contributed by atoms with Gasteiger partial charge in [0.2, 0.25) is 0 Å². The van der Waals surface area contributed by atoms with Crippen LogP contribution in [0.15, 0.2) is 12.2 Å². The van der Waals surface area contributed by atoms with Crippen LogP contribution >= 0.6 is 11.6 Å². The van der Waals surface area contributed by atoms with Crippen LogP contribution in [-0.4, -0.2) is 24.6 Å². The molecule has 0 aromatic rings. The maximum absolute atomic E-state index is 10.7. The number of hydrogen-bond acceptors (Lipinski definition) is 4. The minimum absolute atomic E-state index is 0.00977. The number of hydrogen-bond donors (Lipinski definition) is 0. The molecule has 0 unspecified atom stereocenters. The van der Waals surface area contributed by atoms with E-state index < -0.39 is 11.4 Å². The SMILES string of the molecule is C=C(C)C(=O)OCCOC(=O)Cl. The predicted octanol–water partition coefficient (Wildman–Crippen LogP) is 1.48. The molecule has 0 aromatic heterocycles. The Bertz CT molecular complexity index is 200. The van der Waals surface area contributed by atoms with E-state index in [2.05, 4.69) is 16.1 Å². The molecule has 0 N–H and O–H groups in total. The molecule has 5 heteroatoms. The van der Waals surface area contributed by atoms with Crippen molar-refractivity contribution < 1.29 is 19.1 Å². The lowest BCUT2D eigenvalue weighted by atomic mass is 10.4. The lowest BCUT2D eigenvalue weighted by Gasteiger charge is -2.02. The van der Waals surface area contributed by atoms with Crippen LogP contribution in [0.4, 0.5) is 4.79 Å². The molecule has 0 spiro atoms. The van der Waals surface area contributed by atoms with E-state index in [1.54, 1.807) is 0 Å². The molecule has 0 bridgehead atoms. The van der Waals surface area contributed by atoms with Crippen molar-refractivity contribution in [1.29, 1.82) is 0 Å². The highest BCUT2D eigenvalue weighted by Crippen LogP contribution is 1.92. The molecule has 0 heterocycles. The van der Waals surface area contributed by atoms with Crippen molar-refractivity contribution in [1.82, 2.24) is 0 Å². The molecule has 68 valence electrons. The Morgan fingerprint density at radius 2 is 1.83 bits per heavy atom. The molecule has 12 heavy (non-hydrogen) atoms. The van der Waals surface area contributed by atoms with Crippen LogP contribution in [0.25, 0.3) is 0 Å². The topological polar surface area (TPSA) is 52.6 Å². The van der Waals surface area contributed by atoms with Gasteiger partial charge in [-0.25, -0.2) is 9.59 Å². The first-order valence-electron chi connectivity index (χ1n) is 3.19. The summed E-state index contributed by atoms with van der Waals surface area (Å²) in [5.74, 6) is -0.513. The second kappa shape index (κ2) is 5.60. The second-order valence-electron chi connectivity index (χ2n) is 2.00. The van der Waals surface area contributed by atoms with Crippen molar-refractivity contribution in [2.75, 3.05) is 13.2 Å². The number of carbonyl (C=O) groups excluding carboxylic acids is 2. The Morgan fingerprint density at radius 1 is 1.33 bits per heavy atom. The Morgan fingerprint density at radius 3 is 2.25 bits per heavy atom. The van der Waals surface area contributed by atoms with Gasteiger partial charge in [-0.05, 0) is 6.92 Å². The summed E-state index contributed by atoms with van der Waals surface area (Å²) < 4.78 is 8.87. The Hall–Kier alpha value is -1.03. The highest BCUT2D eigenvalue weighted by atomic mass is 35.5. The van der Waals surface area contributed by atoms with E-state index in [0.717, 1.165) is 0 Å². The average Bonchev–Trinajstić information content (AvgIpc) is 1.97. The number of halogens is 1. The van der Waals surface area contributed by atoms with Gasteiger partial charge < -0.3 is 9.47 Å². The molecule has 0 amide bonds. The summed E-state index contributed by atoms with van der Waals surface area (Å²) >= 11 is 4.84. The lowest BCUT2D eigenvalue weighted by Crippen LogP contribution is -2.11. The largest absolute Gasteiger partial charge is 0.459 e. The lowest BCUT2D eigenvalue weighted by molar-refractivity contribution is -0.139. The summed E-state index contributed by atoms with van der Waals surface area (Å²) in [5.41, 5.74) is -0.617.